The molecule has 0 radical (unpaired) electrons. The Balaban J connectivity index is 1.93. The van der Waals surface area contributed by atoms with Crippen LogP contribution in [0.3, 0.4) is 0 Å². The van der Waals surface area contributed by atoms with Gasteiger partial charge in [0.1, 0.15) is 32.2 Å². The summed E-state index contributed by atoms with van der Waals surface area (Å²) in [4.78, 5) is 24.1. The Morgan fingerprint density at radius 1 is 1.16 bits per heavy atom. The quantitative estimate of drug-likeness (QED) is 0.565. The Bertz CT molecular complexity index is 1130. The zero-order valence-corrected chi connectivity index (χ0v) is 17.1. The number of carbonyl (C=O) groups is 2. The number of sulfonamides is 1. The van der Waals surface area contributed by atoms with E-state index in [1.807, 2.05) is 0 Å². The van der Waals surface area contributed by atoms with Crippen molar-refractivity contribution in [2.45, 2.75) is 23.0 Å². The highest BCUT2D eigenvalue weighted by atomic mass is 32.2. The van der Waals surface area contributed by atoms with Crippen LogP contribution in [0, 0.1) is 11.6 Å². The van der Waals surface area contributed by atoms with Crippen LogP contribution < -0.4 is 11.1 Å². The van der Waals surface area contributed by atoms with E-state index < -0.39 is 86.4 Å². The van der Waals surface area contributed by atoms with Gasteiger partial charge in [-0.25, -0.2) is 26.0 Å². The average Bonchev–Trinajstić information content (AvgIpc) is 3.05. The third-order valence-electron chi connectivity index (χ3n) is 4.51. The van der Waals surface area contributed by atoms with E-state index in [-0.39, 0.29) is 5.00 Å². The number of benzene rings is 1. The highest BCUT2D eigenvalue weighted by Gasteiger charge is 2.39. The van der Waals surface area contributed by atoms with Crippen molar-refractivity contribution in [3.63, 3.8) is 0 Å². The SMILES string of the molecule is NC(=O)c1cc(S(=O)(=O)N2CCC(F)(F)CC2)sc1NC(=O)c1c(O)cc(F)cc1F. The number of alkyl halides is 2. The molecule has 0 bridgehead atoms. The number of piperidine rings is 1. The molecule has 1 fully saturated rings. The number of nitrogens with zero attached hydrogens (tertiary/aromatic N) is 1. The molecule has 1 aliphatic heterocycles. The lowest BCUT2D eigenvalue weighted by molar-refractivity contribution is -0.0411. The molecule has 1 aliphatic rings. The summed E-state index contributed by atoms with van der Waals surface area (Å²) >= 11 is 0.398. The number of hydrogen-bond acceptors (Lipinski definition) is 6. The van der Waals surface area contributed by atoms with Crippen LogP contribution >= 0.6 is 11.3 Å². The second kappa shape index (κ2) is 8.09. The molecular weight excluding hydrogens is 466 g/mol. The summed E-state index contributed by atoms with van der Waals surface area (Å²) in [5, 5.41) is 11.4. The highest BCUT2D eigenvalue weighted by molar-refractivity contribution is 7.91. The van der Waals surface area contributed by atoms with Crippen molar-refractivity contribution < 1.29 is 40.7 Å². The van der Waals surface area contributed by atoms with Crippen LogP contribution in [0.5, 0.6) is 5.75 Å². The van der Waals surface area contributed by atoms with Gasteiger partial charge in [-0.3, -0.25) is 9.59 Å². The van der Waals surface area contributed by atoms with Crippen LogP contribution in [-0.4, -0.2) is 48.7 Å². The number of anilines is 1. The first-order chi connectivity index (χ1) is 14.3. The minimum absolute atomic E-state index is 0.347. The maximum absolute atomic E-state index is 13.9. The molecule has 3 rings (SSSR count). The summed E-state index contributed by atoms with van der Waals surface area (Å²) in [6.45, 7) is -0.898. The lowest BCUT2D eigenvalue weighted by atomic mass is 10.1. The molecular formula is C17H15F4N3O5S2. The topological polar surface area (TPSA) is 130 Å². The van der Waals surface area contributed by atoms with Gasteiger partial charge < -0.3 is 16.2 Å². The van der Waals surface area contributed by atoms with Gasteiger partial charge in [-0.15, -0.1) is 11.3 Å². The summed E-state index contributed by atoms with van der Waals surface area (Å²) in [5.41, 5.74) is 3.85. The van der Waals surface area contributed by atoms with Gasteiger partial charge in [-0.05, 0) is 6.07 Å². The molecule has 0 spiro atoms. The molecule has 1 aromatic heterocycles. The maximum Gasteiger partial charge on any atom is 0.263 e. The van der Waals surface area contributed by atoms with Crippen molar-refractivity contribution in [2.24, 2.45) is 5.73 Å². The molecule has 0 saturated carbocycles. The van der Waals surface area contributed by atoms with Gasteiger partial charge in [-0.2, -0.15) is 4.31 Å². The second-order valence-electron chi connectivity index (χ2n) is 6.67. The summed E-state index contributed by atoms with van der Waals surface area (Å²) < 4.78 is 79.6. The molecule has 14 heteroatoms. The Morgan fingerprint density at radius 3 is 2.32 bits per heavy atom. The molecule has 2 amide bonds. The molecule has 0 aliphatic carbocycles. The monoisotopic (exact) mass is 481 g/mol. The summed E-state index contributed by atoms with van der Waals surface area (Å²) in [7, 11) is -4.28. The Hall–Kier alpha value is -2.71. The van der Waals surface area contributed by atoms with Gasteiger partial charge in [0.05, 0.1) is 5.56 Å². The standard InChI is InChI=1S/C17H15F4N3O5S2/c18-8-5-10(19)13(11(25)6-8)15(27)23-16-9(14(22)26)7-12(30-16)31(28,29)24-3-1-17(20,21)2-4-24/h5-7,25H,1-4H2,(H2,22,26)(H,23,27). The van der Waals surface area contributed by atoms with Crippen molar-refractivity contribution in [2.75, 3.05) is 18.4 Å². The maximum atomic E-state index is 13.9. The first kappa shape index (κ1) is 23.0. The molecule has 1 aromatic carbocycles. The third kappa shape index (κ3) is 4.65. The third-order valence-corrected chi connectivity index (χ3v) is 7.91. The molecule has 2 aromatic rings. The zero-order valence-electron chi connectivity index (χ0n) is 15.5. The van der Waals surface area contributed by atoms with E-state index >= 15 is 0 Å². The largest absolute Gasteiger partial charge is 0.507 e. The number of phenolic OH excluding ortho intramolecular Hbond substituents is 1. The number of rotatable bonds is 5. The number of thiophene rings is 1. The Morgan fingerprint density at radius 2 is 1.77 bits per heavy atom. The van der Waals surface area contributed by atoms with Crippen LogP contribution in [0.4, 0.5) is 22.6 Å². The van der Waals surface area contributed by atoms with Gasteiger partial charge in [0.15, 0.2) is 0 Å². The number of hydrogen-bond donors (Lipinski definition) is 3. The number of halogens is 4. The van der Waals surface area contributed by atoms with Crippen LogP contribution in [0.1, 0.15) is 33.6 Å². The molecule has 8 nitrogen and oxygen atoms in total. The van der Waals surface area contributed by atoms with Crippen LogP contribution in [0.25, 0.3) is 0 Å². The van der Waals surface area contributed by atoms with Crippen LogP contribution in [0.2, 0.25) is 0 Å². The fourth-order valence-corrected chi connectivity index (χ4v) is 5.87. The Labute approximate surface area is 177 Å². The van der Waals surface area contributed by atoms with E-state index in [1.165, 1.54) is 0 Å². The van der Waals surface area contributed by atoms with Crippen molar-refractivity contribution in [1.29, 1.82) is 0 Å². The van der Waals surface area contributed by atoms with E-state index in [9.17, 15) is 40.7 Å². The minimum Gasteiger partial charge on any atom is -0.507 e. The van der Waals surface area contributed by atoms with Gasteiger partial charge >= 0.3 is 0 Å². The number of aromatic hydroxyl groups is 1. The average molecular weight is 481 g/mol. The van der Waals surface area contributed by atoms with Crippen molar-refractivity contribution >= 4 is 38.2 Å². The molecule has 0 unspecified atom stereocenters. The Kier molecular flexibility index (Phi) is 5.99. The zero-order chi connectivity index (χ0) is 23.1. The van der Waals surface area contributed by atoms with E-state index in [4.69, 9.17) is 5.73 Å². The lowest BCUT2D eigenvalue weighted by Crippen LogP contribution is -2.42. The first-order valence-electron chi connectivity index (χ1n) is 8.63. The predicted octanol–water partition coefficient (Wildman–Crippen LogP) is 2.50. The molecule has 2 heterocycles. The second-order valence-corrected chi connectivity index (χ2v) is 9.89. The van der Waals surface area contributed by atoms with E-state index in [0.29, 0.717) is 23.5 Å². The number of carbonyl (C=O) groups excluding carboxylic acids is 2. The molecule has 0 atom stereocenters. The normalized spacial score (nSPS) is 16.8. The summed E-state index contributed by atoms with van der Waals surface area (Å²) in [6.07, 6.45) is -1.35. The van der Waals surface area contributed by atoms with Gasteiger partial charge in [0.2, 0.25) is 0 Å². The van der Waals surface area contributed by atoms with Crippen LogP contribution in [-0.2, 0) is 10.0 Å². The van der Waals surface area contributed by atoms with Gasteiger partial charge in [0, 0.05) is 38.1 Å². The summed E-state index contributed by atoms with van der Waals surface area (Å²) in [6, 6.07) is 1.70. The van der Waals surface area contributed by atoms with E-state index in [0.717, 1.165) is 10.4 Å². The molecule has 4 N–H and O–H groups in total. The van der Waals surface area contributed by atoms with E-state index in [2.05, 4.69) is 5.32 Å². The number of phenols is 1. The molecule has 168 valence electrons. The van der Waals surface area contributed by atoms with Crippen LogP contribution in [0.15, 0.2) is 22.4 Å². The van der Waals surface area contributed by atoms with E-state index in [1.54, 1.807) is 0 Å². The van der Waals surface area contributed by atoms with Gasteiger partial charge in [0.25, 0.3) is 27.8 Å². The summed E-state index contributed by atoms with van der Waals surface area (Å²) in [5.74, 6) is -8.95. The highest BCUT2D eigenvalue weighted by Crippen LogP contribution is 2.36. The van der Waals surface area contributed by atoms with Gasteiger partial charge in [-0.1, -0.05) is 0 Å². The number of nitrogens with two attached hydrogens (primary N) is 1. The number of amides is 2. The predicted molar refractivity (Wildman–Crippen MR) is 102 cm³/mol. The fraction of sp³-hybridized carbons (Fsp3) is 0.294. The first-order valence-corrected chi connectivity index (χ1v) is 10.9. The van der Waals surface area contributed by atoms with Crippen molar-refractivity contribution in [3.8, 4) is 5.75 Å². The number of nitrogens with one attached hydrogen (secondary N) is 1. The molecule has 31 heavy (non-hydrogen) atoms. The number of primary amides is 1. The van der Waals surface area contributed by atoms with Crippen molar-refractivity contribution in [3.05, 3.63) is 41.0 Å². The minimum atomic E-state index is -4.28. The smallest absolute Gasteiger partial charge is 0.263 e. The molecule has 1 saturated heterocycles. The van der Waals surface area contributed by atoms with Crippen molar-refractivity contribution in [1.82, 2.24) is 4.31 Å². The lowest BCUT2D eigenvalue weighted by Gasteiger charge is -2.30. The fourth-order valence-electron chi connectivity index (χ4n) is 2.90.